The van der Waals surface area contributed by atoms with Gasteiger partial charge in [-0.2, -0.15) is 0 Å². The molecule has 0 saturated carbocycles. The van der Waals surface area contributed by atoms with Crippen LogP contribution >= 0.6 is 0 Å². The smallest absolute Gasteiger partial charge is 0.256 e. The highest BCUT2D eigenvalue weighted by molar-refractivity contribution is 6.34. The van der Waals surface area contributed by atoms with Gasteiger partial charge in [-0.15, -0.1) is 0 Å². The summed E-state index contributed by atoms with van der Waals surface area (Å²) < 4.78 is 0. The van der Waals surface area contributed by atoms with Crippen molar-refractivity contribution in [2.24, 2.45) is 0 Å². The van der Waals surface area contributed by atoms with Gasteiger partial charge in [0.15, 0.2) is 0 Å². The Morgan fingerprint density at radius 1 is 0.952 bits per heavy atom. The van der Waals surface area contributed by atoms with Gasteiger partial charge in [0.05, 0.1) is 0 Å². The van der Waals surface area contributed by atoms with Crippen LogP contribution in [0.2, 0.25) is 0 Å². The van der Waals surface area contributed by atoms with E-state index in [1.165, 1.54) is 29.5 Å². The van der Waals surface area contributed by atoms with Gasteiger partial charge in [-0.1, -0.05) is 36.4 Å². The van der Waals surface area contributed by atoms with E-state index in [1.54, 1.807) is 0 Å². The summed E-state index contributed by atoms with van der Waals surface area (Å²) in [6, 6.07) is 14.3. The summed E-state index contributed by atoms with van der Waals surface area (Å²) in [6.45, 7) is 0. The van der Waals surface area contributed by atoms with Gasteiger partial charge in [-0.3, -0.25) is 4.79 Å². The van der Waals surface area contributed by atoms with E-state index in [2.05, 4.69) is 29.6 Å². The SMILES string of the molecule is O=C1Nc2ccccc2/C1=C/c1cccc2c1CCCC2. The first-order chi connectivity index (χ1) is 10.3. The van der Waals surface area contributed by atoms with Gasteiger partial charge >= 0.3 is 0 Å². The lowest BCUT2D eigenvalue weighted by atomic mass is 9.87. The van der Waals surface area contributed by atoms with Crippen molar-refractivity contribution < 1.29 is 4.79 Å². The molecule has 1 amide bonds. The van der Waals surface area contributed by atoms with Crippen LogP contribution in [0.1, 0.15) is 35.1 Å². The molecule has 1 aliphatic carbocycles. The number of carbonyl (C=O) groups excluding carboxylic acids is 1. The second kappa shape index (κ2) is 4.88. The molecule has 2 aliphatic rings. The Morgan fingerprint density at radius 2 is 1.81 bits per heavy atom. The lowest BCUT2D eigenvalue weighted by Crippen LogP contribution is -2.06. The Balaban J connectivity index is 1.84. The highest BCUT2D eigenvalue weighted by Crippen LogP contribution is 2.34. The lowest BCUT2D eigenvalue weighted by molar-refractivity contribution is -0.110. The fraction of sp³-hybridized carbons (Fsp3) is 0.211. The fourth-order valence-corrected chi connectivity index (χ4v) is 3.38. The molecule has 0 aromatic heterocycles. The molecule has 0 saturated heterocycles. The van der Waals surface area contributed by atoms with Crippen LogP contribution in [0.4, 0.5) is 5.69 Å². The van der Waals surface area contributed by atoms with Crippen LogP contribution in [0.5, 0.6) is 0 Å². The zero-order valence-corrected chi connectivity index (χ0v) is 11.9. The molecule has 0 fully saturated rings. The Kier molecular flexibility index (Phi) is 2.88. The summed E-state index contributed by atoms with van der Waals surface area (Å²) >= 11 is 0. The number of hydrogen-bond acceptors (Lipinski definition) is 1. The van der Waals surface area contributed by atoms with Gasteiger partial charge in [0.2, 0.25) is 0 Å². The van der Waals surface area contributed by atoms with E-state index in [9.17, 15) is 4.79 Å². The van der Waals surface area contributed by atoms with Crippen molar-refractivity contribution in [3.8, 4) is 0 Å². The van der Waals surface area contributed by atoms with Gasteiger partial charge in [-0.25, -0.2) is 0 Å². The van der Waals surface area contributed by atoms with E-state index >= 15 is 0 Å². The molecule has 2 heteroatoms. The van der Waals surface area contributed by atoms with Gasteiger partial charge in [0, 0.05) is 16.8 Å². The second-order valence-electron chi connectivity index (χ2n) is 5.75. The molecule has 2 nitrogen and oxygen atoms in total. The molecule has 0 spiro atoms. The summed E-state index contributed by atoms with van der Waals surface area (Å²) in [5.41, 5.74) is 6.78. The molecule has 1 heterocycles. The first kappa shape index (κ1) is 12.4. The second-order valence-corrected chi connectivity index (χ2v) is 5.75. The van der Waals surface area contributed by atoms with Gasteiger partial charge in [0.1, 0.15) is 0 Å². The van der Waals surface area contributed by atoms with E-state index in [4.69, 9.17) is 0 Å². The van der Waals surface area contributed by atoms with E-state index in [-0.39, 0.29) is 5.91 Å². The predicted octanol–water partition coefficient (Wildman–Crippen LogP) is 4.06. The van der Waals surface area contributed by atoms with Crippen molar-refractivity contribution in [3.05, 3.63) is 64.7 Å². The molecule has 0 unspecified atom stereocenters. The molecule has 4 rings (SSSR count). The van der Waals surface area contributed by atoms with Gasteiger partial charge < -0.3 is 5.32 Å². The summed E-state index contributed by atoms with van der Waals surface area (Å²) in [7, 11) is 0. The molecule has 21 heavy (non-hydrogen) atoms. The van der Waals surface area contributed by atoms with Crippen molar-refractivity contribution in [2.75, 3.05) is 5.32 Å². The summed E-state index contributed by atoms with van der Waals surface area (Å²) in [5.74, 6) is 0.00427. The topological polar surface area (TPSA) is 29.1 Å². The molecule has 0 bridgehead atoms. The zero-order chi connectivity index (χ0) is 14.2. The molecular weight excluding hydrogens is 258 g/mol. The van der Waals surface area contributed by atoms with Crippen molar-refractivity contribution >= 4 is 23.2 Å². The minimum atomic E-state index is 0.00427. The molecule has 0 atom stereocenters. The maximum atomic E-state index is 12.2. The van der Waals surface area contributed by atoms with Crippen molar-refractivity contribution in [3.63, 3.8) is 0 Å². The third-order valence-electron chi connectivity index (χ3n) is 4.44. The third-order valence-corrected chi connectivity index (χ3v) is 4.44. The van der Waals surface area contributed by atoms with Crippen LogP contribution in [0.25, 0.3) is 11.6 Å². The largest absolute Gasteiger partial charge is 0.321 e. The molecule has 1 aliphatic heterocycles. The van der Waals surface area contributed by atoms with Crippen LogP contribution in [-0.2, 0) is 17.6 Å². The number of amides is 1. The van der Waals surface area contributed by atoms with Crippen molar-refractivity contribution in [1.29, 1.82) is 0 Å². The highest BCUT2D eigenvalue weighted by Gasteiger charge is 2.24. The number of anilines is 1. The molecule has 2 aromatic carbocycles. The first-order valence-electron chi connectivity index (χ1n) is 7.56. The Morgan fingerprint density at radius 3 is 2.76 bits per heavy atom. The summed E-state index contributed by atoms with van der Waals surface area (Å²) in [5, 5.41) is 2.94. The monoisotopic (exact) mass is 275 g/mol. The average molecular weight is 275 g/mol. The van der Waals surface area contributed by atoms with Gasteiger partial charge in [-0.05, 0) is 54.5 Å². The summed E-state index contributed by atoms with van der Waals surface area (Å²) in [6.07, 6.45) is 6.87. The number of rotatable bonds is 1. The average Bonchev–Trinajstić information content (AvgIpc) is 2.84. The maximum Gasteiger partial charge on any atom is 0.256 e. The van der Waals surface area contributed by atoms with Crippen LogP contribution in [-0.4, -0.2) is 5.91 Å². The third kappa shape index (κ3) is 2.07. The predicted molar refractivity (Wildman–Crippen MR) is 86.0 cm³/mol. The molecule has 1 N–H and O–H groups in total. The normalized spacial score (nSPS) is 18.3. The molecule has 0 radical (unpaired) electrons. The first-order valence-corrected chi connectivity index (χ1v) is 7.56. The fourth-order valence-electron chi connectivity index (χ4n) is 3.38. The van der Waals surface area contributed by atoms with Crippen LogP contribution < -0.4 is 5.32 Å². The summed E-state index contributed by atoms with van der Waals surface area (Å²) in [4.78, 5) is 12.2. The number of hydrogen-bond donors (Lipinski definition) is 1. The number of para-hydroxylation sites is 1. The van der Waals surface area contributed by atoms with Gasteiger partial charge in [0.25, 0.3) is 5.91 Å². The Labute approximate surface area is 124 Å². The number of benzene rings is 2. The van der Waals surface area contributed by atoms with Crippen molar-refractivity contribution in [1.82, 2.24) is 0 Å². The maximum absolute atomic E-state index is 12.2. The van der Waals surface area contributed by atoms with E-state index in [1.807, 2.05) is 24.3 Å². The minimum Gasteiger partial charge on any atom is -0.321 e. The van der Waals surface area contributed by atoms with E-state index in [0.29, 0.717) is 0 Å². The van der Waals surface area contributed by atoms with E-state index < -0.39 is 0 Å². The molecule has 104 valence electrons. The number of fused-ring (bicyclic) bond motifs is 2. The Bertz CT molecular complexity index is 758. The number of carbonyl (C=O) groups is 1. The van der Waals surface area contributed by atoms with Crippen LogP contribution in [0, 0.1) is 0 Å². The highest BCUT2D eigenvalue weighted by atomic mass is 16.2. The lowest BCUT2D eigenvalue weighted by Gasteiger charge is -2.18. The number of nitrogens with one attached hydrogen (secondary N) is 1. The Hall–Kier alpha value is -2.35. The van der Waals surface area contributed by atoms with Crippen molar-refractivity contribution in [2.45, 2.75) is 25.7 Å². The van der Waals surface area contributed by atoms with Crippen LogP contribution in [0.3, 0.4) is 0 Å². The standard InChI is InChI=1S/C19H17NO/c21-19-17(16-10-3-4-11-18(16)20-19)12-14-8-5-7-13-6-1-2-9-15(13)14/h3-5,7-8,10-12H,1-2,6,9H2,(H,20,21)/b17-12-. The number of aryl methyl sites for hydroxylation is 1. The molecule has 2 aromatic rings. The van der Waals surface area contributed by atoms with Crippen LogP contribution in [0.15, 0.2) is 42.5 Å². The minimum absolute atomic E-state index is 0.00427. The quantitative estimate of drug-likeness (QED) is 0.781. The van der Waals surface area contributed by atoms with E-state index in [0.717, 1.165) is 29.7 Å². The zero-order valence-electron chi connectivity index (χ0n) is 11.9. The molecular formula is C19H17NO.